The van der Waals surface area contributed by atoms with Crippen LogP contribution < -0.4 is 11.1 Å². The van der Waals surface area contributed by atoms with E-state index in [1.54, 1.807) is 6.07 Å². The number of hydrogen-bond acceptors (Lipinski definition) is 4. The first-order chi connectivity index (χ1) is 9.44. The predicted molar refractivity (Wildman–Crippen MR) is 80.7 cm³/mol. The first-order valence-corrected chi connectivity index (χ1v) is 6.98. The highest BCUT2D eigenvalue weighted by atomic mass is 16.5. The van der Waals surface area contributed by atoms with E-state index < -0.39 is 0 Å². The van der Waals surface area contributed by atoms with E-state index in [-0.39, 0.29) is 18.1 Å². The molecule has 1 aliphatic heterocycles. The average molecular weight is 277 g/mol. The van der Waals surface area contributed by atoms with Crippen molar-refractivity contribution in [1.82, 2.24) is 4.90 Å². The Bertz CT molecular complexity index is 480. The van der Waals surface area contributed by atoms with Crippen molar-refractivity contribution in [1.29, 1.82) is 0 Å². The molecule has 1 amide bonds. The van der Waals surface area contributed by atoms with Gasteiger partial charge >= 0.3 is 0 Å². The summed E-state index contributed by atoms with van der Waals surface area (Å²) < 4.78 is 5.66. The highest BCUT2D eigenvalue weighted by molar-refractivity contribution is 5.93. The second-order valence-corrected chi connectivity index (χ2v) is 5.57. The van der Waals surface area contributed by atoms with Crippen LogP contribution in [0, 0.1) is 6.92 Å². The van der Waals surface area contributed by atoms with Gasteiger partial charge in [-0.25, -0.2) is 0 Å². The Balaban J connectivity index is 1.93. The fraction of sp³-hybridized carbons (Fsp3) is 0.533. The maximum absolute atomic E-state index is 12.1. The SMILES string of the molecule is Cc1ccc(N)cc1NC(=O)CN1C[C@@H](C)O[C@@H](C)C1. The zero-order valence-electron chi connectivity index (χ0n) is 12.3. The van der Waals surface area contributed by atoms with Crippen LogP contribution in [0.3, 0.4) is 0 Å². The van der Waals surface area contributed by atoms with E-state index in [0.29, 0.717) is 12.2 Å². The van der Waals surface area contributed by atoms with Crippen molar-refractivity contribution >= 4 is 17.3 Å². The summed E-state index contributed by atoms with van der Waals surface area (Å²) in [5.74, 6) is -0.0139. The van der Waals surface area contributed by atoms with Gasteiger partial charge in [-0.3, -0.25) is 9.69 Å². The molecule has 0 unspecified atom stereocenters. The van der Waals surface area contributed by atoms with Gasteiger partial charge < -0.3 is 15.8 Å². The number of morpholine rings is 1. The molecule has 0 aromatic heterocycles. The third-order valence-electron chi connectivity index (χ3n) is 3.40. The summed E-state index contributed by atoms with van der Waals surface area (Å²) in [5, 5.41) is 2.93. The molecule has 0 bridgehead atoms. The minimum atomic E-state index is -0.0139. The molecule has 5 nitrogen and oxygen atoms in total. The van der Waals surface area contributed by atoms with Gasteiger partial charge in [0.1, 0.15) is 0 Å². The molecule has 1 aromatic carbocycles. The van der Waals surface area contributed by atoms with Crippen LogP contribution in [-0.2, 0) is 9.53 Å². The summed E-state index contributed by atoms with van der Waals surface area (Å²) in [4.78, 5) is 14.2. The van der Waals surface area contributed by atoms with Gasteiger partial charge in [0.25, 0.3) is 0 Å². The number of carbonyl (C=O) groups excluding carboxylic acids is 1. The molecule has 0 radical (unpaired) electrons. The van der Waals surface area contributed by atoms with Gasteiger partial charge in [0.2, 0.25) is 5.91 Å². The van der Waals surface area contributed by atoms with E-state index in [1.165, 1.54) is 0 Å². The van der Waals surface area contributed by atoms with Crippen LogP contribution in [0.1, 0.15) is 19.4 Å². The molecule has 2 rings (SSSR count). The fourth-order valence-electron chi connectivity index (χ4n) is 2.58. The number of amides is 1. The number of rotatable bonds is 3. The Hall–Kier alpha value is -1.59. The largest absolute Gasteiger partial charge is 0.399 e. The second kappa shape index (κ2) is 6.24. The standard InChI is InChI=1S/C15H23N3O2/c1-10-4-5-13(16)6-14(10)17-15(19)9-18-7-11(2)20-12(3)8-18/h4-6,11-12H,7-9,16H2,1-3H3,(H,17,19)/t11-,12+. The average Bonchev–Trinajstić information content (AvgIpc) is 2.32. The summed E-state index contributed by atoms with van der Waals surface area (Å²) in [7, 11) is 0. The number of nitrogens with two attached hydrogens (primary N) is 1. The maximum atomic E-state index is 12.1. The third kappa shape index (κ3) is 3.95. The quantitative estimate of drug-likeness (QED) is 0.824. The smallest absolute Gasteiger partial charge is 0.238 e. The Kier molecular flexibility index (Phi) is 4.62. The third-order valence-corrected chi connectivity index (χ3v) is 3.40. The van der Waals surface area contributed by atoms with Crippen molar-refractivity contribution in [3.8, 4) is 0 Å². The van der Waals surface area contributed by atoms with Crippen molar-refractivity contribution in [2.45, 2.75) is 33.0 Å². The lowest BCUT2D eigenvalue weighted by Gasteiger charge is -2.34. The van der Waals surface area contributed by atoms with E-state index in [9.17, 15) is 4.79 Å². The van der Waals surface area contributed by atoms with Crippen molar-refractivity contribution in [2.75, 3.05) is 30.7 Å². The van der Waals surface area contributed by atoms with Gasteiger partial charge in [0, 0.05) is 24.5 Å². The second-order valence-electron chi connectivity index (χ2n) is 5.57. The maximum Gasteiger partial charge on any atom is 0.238 e. The van der Waals surface area contributed by atoms with Gasteiger partial charge in [-0.1, -0.05) is 6.07 Å². The summed E-state index contributed by atoms with van der Waals surface area (Å²) >= 11 is 0. The lowest BCUT2D eigenvalue weighted by atomic mass is 10.2. The van der Waals surface area contributed by atoms with E-state index >= 15 is 0 Å². The van der Waals surface area contributed by atoms with E-state index in [0.717, 1.165) is 24.3 Å². The van der Waals surface area contributed by atoms with Crippen LogP contribution >= 0.6 is 0 Å². The Morgan fingerprint density at radius 1 is 1.40 bits per heavy atom. The van der Waals surface area contributed by atoms with Gasteiger partial charge in [-0.15, -0.1) is 0 Å². The molecule has 1 aliphatic rings. The zero-order valence-corrected chi connectivity index (χ0v) is 12.3. The molecule has 0 spiro atoms. The summed E-state index contributed by atoms with van der Waals surface area (Å²) in [6, 6.07) is 5.53. The Labute approximate surface area is 120 Å². The molecular formula is C15H23N3O2. The molecule has 1 heterocycles. The number of anilines is 2. The first kappa shape index (κ1) is 14.8. The van der Waals surface area contributed by atoms with E-state index in [2.05, 4.69) is 10.2 Å². The van der Waals surface area contributed by atoms with Crippen LogP contribution in [0.5, 0.6) is 0 Å². The van der Waals surface area contributed by atoms with Crippen molar-refractivity contribution in [2.24, 2.45) is 0 Å². The monoisotopic (exact) mass is 277 g/mol. The normalized spacial score (nSPS) is 23.6. The molecule has 1 aromatic rings. The Morgan fingerprint density at radius 3 is 2.70 bits per heavy atom. The number of ether oxygens (including phenoxy) is 1. The number of carbonyl (C=O) groups is 1. The number of nitrogens with zero attached hydrogens (tertiary/aromatic N) is 1. The van der Waals surface area contributed by atoms with Gasteiger partial charge in [-0.05, 0) is 38.5 Å². The fourth-order valence-corrected chi connectivity index (χ4v) is 2.58. The van der Waals surface area contributed by atoms with E-state index in [1.807, 2.05) is 32.9 Å². The number of hydrogen-bond donors (Lipinski definition) is 2. The van der Waals surface area contributed by atoms with Crippen LogP contribution in [0.25, 0.3) is 0 Å². The van der Waals surface area contributed by atoms with Crippen LogP contribution in [0.2, 0.25) is 0 Å². The van der Waals surface area contributed by atoms with Crippen molar-refractivity contribution < 1.29 is 9.53 Å². The first-order valence-electron chi connectivity index (χ1n) is 6.98. The lowest BCUT2D eigenvalue weighted by molar-refractivity contribution is -0.121. The predicted octanol–water partition coefficient (Wildman–Crippen LogP) is 1.62. The molecule has 0 saturated carbocycles. The highest BCUT2D eigenvalue weighted by Gasteiger charge is 2.23. The zero-order chi connectivity index (χ0) is 14.7. The minimum absolute atomic E-state index is 0.0139. The van der Waals surface area contributed by atoms with Crippen LogP contribution in [0.4, 0.5) is 11.4 Å². The number of aryl methyl sites for hydroxylation is 1. The molecule has 20 heavy (non-hydrogen) atoms. The molecule has 3 N–H and O–H groups in total. The molecule has 5 heteroatoms. The molecule has 1 fully saturated rings. The molecule has 0 aliphatic carbocycles. The number of benzene rings is 1. The molecule has 1 saturated heterocycles. The summed E-state index contributed by atoms with van der Waals surface area (Å²) in [5.41, 5.74) is 8.19. The molecular weight excluding hydrogens is 254 g/mol. The minimum Gasteiger partial charge on any atom is -0.399 e. The molecule has 2 atom stereocenters. The van der Waals surface area contributed by atoms with Crippen LogP contribution in [-0.4, -0.2) is 42.6 Å². The van der Waals surface area contributed by atoms with Gasteiger partial charge in [0.15, 0.2) is 0 Å². The highest BCUT2D eigenvalue weighted by Crippen LogP contribution is 2.18. The summed E-state index contributed by atoms with van der Waals surface area (Å²) in [6.45, 7) is 7.97. The number of nitrogens with one attached hydrogen (secondary N) is 1. The van der Waals surface area contributed by atoms with Crippen LogP contribution in [0.15, 0.2) is 18.2 Å². The summed E-state index contributed by atoms with van der Waals surface area (Å²) in [6.07, 6.45) is 0.335. The lowest BCUT2D eigenvalue weighted by Crippen LogP contribution is -2.48. The van der Waals surface area contributed by atoms with Gasteiger partial charge in [-0.2, -0.15) is 0 Å². The topological polar surface area (TPSA) is 67.6 Å². The Morgan fingerprint density at radius 2 is 2.05 bits per heavy atom. The van der Waals surface area contributed by atoms with Gasteiger partial charge in [0.05, 0.1) is 18.8 Å². The van der Waals surface area contributed by atoms with Crippen molar-refractivity contribution in [3.05, 3.63) is 23.8 Å². The van der Waals surface area contributed by atoms with Crippen molar-refractivity contribution in [3.63, 3.8) is 0 Å². The van der Waals surface area contributed by atoms with E-state index in [4.69, 9.17) is 10.5 Å². The molecule has 110 valence electrons. The number of nitrogen functional groups attached to an aromatic ring is 1.